The van der Waals surface area contributed by atoms with Gasteiger partial charge in [0.05, 0.1) is 10.7 Å². The highest BCUT2D eigenvalue weighted by Gasteiger charge is 2.17. The Hall–Kier alpha value is -1.20. The molecule has 0 saturated carbocycles. The fourth-order valence-electron chi connectivity index (χ4n) is 2.47. The Morgan fingerprint density at radius 1 is 1.33 bits per heavy atom. The van der Waals surface area contributed by atoms with Crippen LogP contribution in [-0.2, 0) is 19.4 Å². The minimum absolute atomic E-state index is 0.336. The summed E-state index contributed by atoms with van der Waals surface area (Å²) in [5.41, 5.74) is 2.50. The van der Waals surface area contributed by atoms with E-state index in [1.54, 1.807) is 11.3 Å². The molecule has 116 valence electrons. The minimum atomic E-state index is 0.336. The Balaban J connectivity index is 2.19. The first kappa shape index (κ1) is 16.2. The van der Waals surface area contributed by atoms with Crippen LogP contribution < -0.4 is 5.32 Å². The molecule has 21 heavy (non-hydrogen) atoms. The molecule has 0 amide bonds. The highest BCUT2D eigenvalue weighted by Crippen LogP contribution is 2.24. The molecule has 0 saturated heterocycles. The lowest BCUT2D eigenvalue weighted by atomic mass is 10.1. The molecule has 0 radical (unpaired) electrons. The Bertz CT molecular complexity index is 558. The van der Waals surface area contributed by atoms with Crippen molar-refractivity contribution in [2.45, 2.75) is 59.5 Å². The second-order valence-electron chi connectivity index (χ2n) is 5.29. The molecule has 2 rings (SSSR count). The molecule has 0 aliphatic carbocycles. The van der Waals surface area contributed by atoms with Gasteiger partial charge >= 0.3 is 0 Å². The molecule has 1 unspecified atom stereocenters. The molecule has 4 nitrogen and oxygen atoms in total. The molecule has 2 aromatic heterocycles. The summed E-state index contributed by atoms with van der Waals surface area (Å²) in [7, 11) is 0. The zero-order chi connectivity index (χ0) is 15.2. The second kappa shape index (κ2) is 7.71. The van der Waals surface area contributed by atoms with Crippen molar-refractivity contribution in [2.75, 3.05) is 6.54 Å². The zero-order valence-electron chi connectivity index (χ0n) is 13.5. The maximum absolute atomic E-state index is 4.66. The van der Waals surface area contributed by atoms with Gasteiger partial charge in [-0.05, 0) is 39.3 Å². The Kier molecular flexibility index (Phi) is 5.94. The maximum Gasteiger partial charge on any atom is 0.0897 e. The largest absolute Gasteiger partial charge is 0.309 e. The van der Waals surface area contributed by atoms with Crippen molar-refractivity contribution >= 4 is 11.3 Å². The molecule has 0 aliphatic rings. The molecule has 0 spiro atoms. The van der Waals surface area contributed by atoms with Crippen LogP contribution in [0.4, 0.5) is 0 Å². The molecule has 0 bridgehead atoms. The molecule has 1 atom stereocenters. The SMILES string of the molecule is CCCNC(Cc1cc(CC)nn1CC)c1cnc(C)s1. The lowest BCUT2D eigenvalue weighted by Gasteiger charge is -2.17. The van der Waals surface area contributed by atoms with Crippen LogP contribution in [0.25, 0.3) is 0 Å². The summed E-state index contributed by atoms with van der Waals surface area (Å²) in [5.74, 6) is 0. The van der Waals surface area contributed by atoms with Gasteiger partial charge in [-0.25, -0.2) is 4.98 Å². The van der Waals surface area contributed by atoms with E-state index in [-0.39, 0.29) is 0 Å². The normalized spacial score (nSPS) is 12.8. The van der Waals surface area contributed by atoms with Crippen LogP contribution in [0.2, 0.25) is 0 Å². The summed E-state index contributed by atoms with van der Waals surface area (Å²) in [4.78, 5) is 5.73. The van der Waals surface area contributed by atoms with Gasteiger partial charge in [0.15, 0.2) is 0 Å². The monoisotopic (exact) mass is 306 g/mol. The topological polar surface area (TPSA) is 42.7 Å². The van der Waals surface area contributed by atoms with Crippen molar-refractivity contribution in [3.8, 4) is 0 Å². The van der Waals surface area contributed by atoms with Gasteiger partial charge in [0.1, 0.15) is 0 Å². The first-order chi connectivity index (χ1) is 10.2. The van der Waals surface area contributed by atoms with Crippen LogP contribution in [0.1, 0.15) is 54.5 Å². The van der Waals surface area contributed by atoms with Gasteiger partial charge in [-0.15, -0.1) is 11.3 Å². The lowest BCUT2D eigenvalue weighted by Crippen LogP contribution is -2.24. The molecule has 0 aliphatic heterocycles. The molecular formula is C16H26N4S. The number of aromatic nitrogens is 3. The van der Waals surface area contributed by atoms with E-state index in [0.29, 0.717) is 6.04 Å². The zero-order valence-corrected chi connectivity index (χ0v) is 14.3. The number of hydrogen-bond donors (Lipinski definition) is 1. The number of nitrogens with one attached hydrogen (secondary N) is 1. The van der Waals surface area contributed by atoms with Crippen molar-refractivity contribution < 1.29 is 0 Å². The average molecular weight is 306 g/mol. The van der Waals surface area contributed by atoms with Crippen LogP contribution in [0.15, 0.2) is 12.3 Å². The smallest absolute Gasteiger partial charge is 0.0897 e. The third-order valence-electron chi connectivity index (χ3n) is 3.61. The van der Waals surface area contributed by atoms with Crippen LogP contribution in [0, 0.1) is 6.92 Å². The van der Waals surface area contributed by atoms with Gasteiger partial charge in [0.2, 0.25) is 0 Å². The number of rotatable bonds is 8. The van der Waals surface area contributed by atoms with Gasteiger partial charge in [0, 0.05) is 35.8 Å². The van der Waals surface area contributed by atoms with Gasteiger partial charge in [-0.3, -0.25) is 4.68 Å². The Morgan fingerprint density at radius 3 is 2.71 bits per heavy atom. The number of thiazole rings is 1. The molecular weight excluding hydrogens is 280 g/mol. The van der Waals surface area contributed by atoms with Crippen LogP contribution in [-0.4, -0.2) is 21.3 Å². The Morgan fingerprint density at radius 2 is 2.14 bits per heavy atom. The first-order valence-electron chi connectivity index (χ1n) is 7.89. The van der Waals surface area contributed by atoms with Crippen molar-refractivity contribution in [2.24, 2.45) is 0 Å². The lowest BCUT2D eigenvalue weighted by molar-refractivity contribution is 0.507. The van der Waals surface area contributed by atoms with E-state index in [2.05, 4.69) is 53.8 Å². The van der Waals surface area contributed by atoms with Crippen LogP contribution in [0.3, 0.4) is 0 Å². The highest BCUT2D eigenvalue weighted by atomic mass is 32.1. The predicted octanol–water partition coefficient (Wildman–Crippen LogP) is 3.51. The van der Waals surface area contributed by atoms with Crippen molar-refractivity contribution in [3.05, 3.63) is 33.5 Å². The fourth-order valence-corrected chi connectivity index (χ4v) is 3.33. The second-order valence-corrected chi connectivity index (χ2v) is 6.56. The van der Waals surface area contributed by atoms with Crippen molar-refractivity contribution in [3.63, 3.8) is 0 Å². The van der Waals surface area contributed by atoms with Gasteiger partial charge < -0.3 is 5.32 Å². The molecule has 2 aromatic rings. The molecule has 0 fully saturated rings. The molecule has 0 aromatic carbocycles. The highest BCUT2D eigenvalue weighted by molar-refractivity contribution is 7.11. The quantitative estimate of drug-likeness (QED) is 0.811. The number of nitrogens with zero attached hydrogens (tertiary/aromatic N) is 3. The van der Waals surface area contributed by atoms with Gasteiger partial charge in [0.25, 0.3) is 0 Å². The molecule has 2 heterocycles. The van der Waals surface area contributed by atoms with E-state index in [1.807, 2.05) is 6.20 Å². The number of aryl methyl sites for hydroxylation is 3. The van der Waals surface area contributed by atoms with Crippen molar-refractivity contribution in [1.29, 1.82) is 0 Å². The molecule has 5 heteroatoms. The summed E-state index contributed by atoms with van der Waals surface area (Å²) in [6, 6.07) is 2.58. The third-order valence-corrected chi connectivity index (χ3v) is 4.64. The molecule has 1 N–H and O–H groups in total. The van der Waals surface area contributed by atoms with E-state index >= 15 is 0 Å². The average Bonchev–Trinajstić information content (AvgIpc) is 3.09. The van der Waals surface area contributed by atoms with Crippen LogP contribution >= 0.6 is 11.3 Å². The van der Waals surface area contributed by atoms with E-state index in [0.717, 1.165) is 37.4 Å². The summed E-state index contributed by atoms with van der Waals surface area (Å²) in [5, 5.41) is 9.44. The van der Waals surface area contributed by atoms with E-state index in [9.17, 15) is 0 Å². The summed E-state index contributed by atoms with van der Waals surface area (Å²) < 4.78 is 2.13. The van der Waals surface area contributed by atoms with Gasteiger partial charge in [-0.1, -0.05) is 13.8 Å². The number of hydrogen-bond acceptors (Lipinski definition) is 4. The fraction of sp³-hybridized carbons (Fsp3) is 0.625. The van der Waals surface area contributed by atoms with Crippen molar-refractivity contribution in [1.82, 2.24) is 20.1 Å². The van der Waals surface area contributed by atoms with E-state index in [4.69, 9.17) is 0 Å². The summed E-state index contributed by atoms with van der Waals surface area (Å²) >= 11 is 1.79. The van der Waals surface area contributed by atoms with E-state index in [1.165, 1.54) is 16.3 Å². The summed E-state index contributed by atoms with van der Waals surface area (Å²) in [6.07, 6.45) is 5.12. The Labute approximate surface area is 131 Å². The third kappa shape index (κ3) is 4.14. The standard InChI is InChI=1S/C16H26N4S/c1-5-8-17-15(16-11-18-12(4)21-16)10-14-9-13(6-2)19-20(14)7-3/h9,11,15,17H,5-8,10H2,1-4H3. The predicted molar refractivity (Wildman–Crippen MR) is 88.9 cm³/mol. The maximum atomic E-state index is 4.66. The van der Waals surface area contributed by atoms with Crippen LogP contribution in [0.5, 0.6) is 0 Å². The first-order valence-corrected chi connectivity index (χ1v) is 8.70. The van der Waals surface area contributed by atoms with E-state index < -0.39 is 0 Å². The van der Waals surface area contributed by atoms with Gasteiger partial charge in [-0.2, -0.15) is 5.10 Å². The summed E-state index contributed by atoms with van der Waals surface area (Å²) in [6.45, 7) is 10.5. The minimum Gasteiger partial charge on any atom is -0.309 e.